The molecule has 0 saturated carbocycles. The van der Waals surface area contributed by atoms with Gasteiger partial charge in [0.25, 0.3) is 0 Å². The zero-order valence-corrected chi connectivity index (χ0v) is 30.5. The van der Waals surface area contributed by atoms with Crippen LogP contribution in [-0.2, 0) is 26.0 Å². The Morgan fingerprint density at radius 2 is 1.68 bits per heavy atom. The zero-order valence-electron chi connectivity index (χ0n) is 28.0. The van der Waals surface area contributed by atoms with Crippen LogP contribution in [-0.4, -0.2) is 77.8 Å². The lowest BCUT2D eigenvalue weighted by atomic mass is 9.82. The van der Waals surface area contributed by atoms with Crippen LogP contribution in [0.25, 0.3) is 10.2 Å². The summed E-state index contributed by atoms with van der Waals surface area (Å²) < 4.78 is 35.1. The van der Waals surface area contributed by atoms with Crippen LogP contribution in [0.1, 0.15) is 36.5 Å². The summed E-state index contributed by atoms with van der Waals surface area (Å²) in [6.07, 6.45) is 2.43. The van der Waals surface area contributed by atoms with E-state index in [1.54, 1.807) is 42.2 Å². The molecule has 5 aromatic rings. The SMILES string of the molecule is COC(=O)N[C@H](C(=O)Cc1cnccc1SC[C@@H](CO)N(CC(C)C)S(=O)(=O)c1ccc2ncsc2c1)C(c1ccccc1)c1ccccc1. The number of hydrogen-bond donors (Lipinski definition) is 2. The van der Waals surface area contributed by atoms with E-state index in [1.165, 1.54) is 34.5 Å². The minimum Gasteiger partial charge on any atom is -0.453 e. The first-order valence-corrected chi connectivity index (χ1v) is 19.4. The van der Waals surface area contributed by atoms with Gasteiger partial charge in [-0.25, -0.2) is 18.2 Å². The average molecular weight is 733 g/mol. The monoisotopic (exact) mass is 732 g/mol. The highest BCUT2D eigenvalue weighted by Gasteiger charge is 2.34. The van der Waals surface area contributed by atoms with Gasteiger partial charge in [0.1, 0.15) is 6.04 Å². The van der Waals surface area contributed by atoms with E-state index in [0.717, 1.165) is 21.3 Å². The minimum atomic E-state index is -3.98. The van der Waals surface area contributed by atoms with Gasteiger partial charge in [-0.05, 0) is 46.9 Å². The first-order chi connectivity index (χ1) is 24.1. The number of aliphatic hydroxyl groups excluding tert-OH is 1. The summed E-state index contributed by atoms with van der Waals surface area (Å²) in [5, 5.41) is 13.4. The number of ketones is 1. The third kappa shape index (κ3) is 8.95. The van der Waals surface area contributed by atoms with Gasteiger partial charge in [0.05, 0.1) is 40.4 Å². The van der Waals surface area contributed by atoms with Crippen LogP contribution in [0.3, 0.4) is 0 Å². The van der Waals surface area contributed by atoms with Crippen LogP contribution in [0.2, 0.25) is 0 Å². The highest BCUT2D eigenvalue weighted by molar-refractivity contribution is 7.99. The number of hydrogen-bond acceptors (Lipinski definition) is 10. The number of thioether (sulfide) groups is 1. The van der Waals surface area contributed by atoms with Crippen molar-refractivity contribution in [2.75, 3.05) is 26.0 Å². The number of thiazole rings is 1. The van der Waals surface area contributed by atoms with Crippen molar-refractivity contribution < 1.29 is 27.9 Å². The Bertz CT molecular complexity index is 1950. The van der Waals surface area contributed by atoms with Crippen molar-refractivity contribution in [2.24, 2.45) is 5.92 Å². The quantitative estimate of drug-likeness (QED) is 0.114. The molecule has 2 heterocycles. The first kappa shape index (κ1) is 37.1. The van der Waals surface area contributed by atoms with Gasteiger partial charge in [0.2, 0.25) is 10.0 Å². The number of nitrogens with zero attached hydrogens (tertiary/aromatic N) is 3. The lowest BCUT2D eigenvalue weighted by Crippen LogP contribution is -2.46. The average Bonchev–Trinajstić information content (AvgIpc) is 3.61. The van der Waals surface area contributed by atoms with E-state index in [1.807, 2.05) is 74.5 Å². The molecule has 0 fully saturated rings. The van der Waals surface area contributed by atoms with Gasteiger partial charge in [-0.3, -0.25) is 9.78 Å². The summed E-state index contributed by atoms with van der Waals surface area (Å²) in [4.78, 5) is 36.3. The topological polar surface area (TPSA) is 139 Å². The van der Waals surface area contributed by atoms with Gasteiger partial charge in [-0.2, -0.15) is 4.31 Å². The molecule has 0 aliphatic rings. The van der Waals surface area contributed by atoms with Crippen molar-refractivity contribution in [3.63, 3.8) is 0 Å². The number of pyridine rings is 1. The molecule has 0 spiro atoms. The van der Waals surface area contributed by atoms with E-state index in [4.69, 9.17) is 4.74 Å². The molecule has 0 saturated heterocycles. The lowest BCUT2D eigenvalue weighted by Gasteiger charge is -2.31. The van der Waals surface area contributed by atoms with E-state index < -0.39 is 40.7 Å². The molecule has 2 atom stereocenters. The summed E-state index contributed by atoms with van der Waals surface area (Å²) in [5.74, 6) is -0.554. The number of sulfonamides is 1. The molecule has 262 valence electrons. The Morgan fingerprint density at radius 3 is 2.30 bits per heavy atom. The summed E-state index contributed by atoms with van der Waals surface area (Å²) in [6, 6.07) is 23.9. The van der Waals surface area contributed by atoms with Gasteiger partial charge in [0, 0.05) is 41.9 Å². The molecule has 1 amide bonds. The number of amides is 1. The second-order valence-electron chi connectivity index (χ2n) is 12.1. The number of methoxy groups -OCH3 is 1. The van der Waals surface area contributed by atoms with Crippen molar-refractivity contribution in [1.29, 1.82) is 0 Å². The number of alkyl carbamates (subject to hydrolysis) is 1. The smallest absolute Gasteiger partial charge is 0.407 e. The third-order valence-electron chi connectivity index (χ3n) is 8.18. The molecule has 13 heteroatoms. The van der Waals surface area contributed by atoms with E-state index in [2.05, 4.69) is 15.3 Å². The summed E-state index contributed by atoms with van der Waals surface area (Å²) in [7, 11) is -2.72. The number of ether oxygens (including phenoxy) is 1. The normalized spacial score (nSPS) is 13.1. The van der Waals surface area contributed by atoms with Crippen LogP contribution in [0.5, 0.6) is 0 Å². The molecule has 0 bridgehead atoms. The maximum Gasteiger partial charge on any atom is 0.407 e. The van der Waals surface area contributed by atoms with Crippen LogP contribution in [0.4, 0.5) is 4.79 Å². The molecule has 0 unspecified atom stereocenters. The molecular weight excluding hydrogens is 693 g/mol. The summed E-state index contributed by atoms with van der Waals surface area (Å²) in [6.45, 7) is 3.67. The molecule has 0 aliphatic carbocycles. The van der Waals surface area contributed by atoms with Gasteiger partial charge < -0.3 is 15.2 Å². The van der Waals surface area contributed by atoms with E-state index >= 15 is 0 Å². The molecule has 2 N–H and O–H groups in total. The highest BCUT2D eigenvalue weighted by atomic mass is 32.2. The maximum atomic E-state index is 14.3. The number of aliphatic hydroxyl groups is 1. The molecule has 5 rings (SSSR count). The molecule has 3 aromatic carbocycles. The molecule has 0 aliphatic heterocycles. The number of benzene rings is 3. The van der Waals surface area contributed by atoms with Crippen LogP contribution < -0.4 is 5.32 Å². The fourth-order valence-electron chi connectivity index (χ4n) is 5.77. The predicted octanol–water partition coefficient (Wildman–Crippen LogP) is 6.16. The number of rotatable bonds is 16. The van der Waals surface area contributed by atoms with Gasteiger partial charge in [-0.1, -0.05) is 74.5 Å². The van der Waals surface area contributed by atoms with E-state index in [0.29, 0.717) is 10.5 Å². The van der Waals surface area contributed by atoms with E-state index in [-0.39, 0.29) is 35.3 Å². The van der Waals surface area contributed by atoms with E-state index in [9.17, 15) is 23.1 Å². The van der Waals surface area contributed by atoms with Crippen LogP contribution in [0.15, 0.2) is 113 Å². The Labute approximate surface area is 301 Å². The van der Waals surface area contributed by atoms with Crippen LogP contribution in [0, 0.1) is 5.92 Å². The van der Waals surface area contributed by atoms with Crippen molar-refractivity contribution in [1.82, 2.24) is 19.6 Å². The first-order valence-electron chi connectivity index (χ1n) is 16.1. The zero-order chi connectivity index (χ0) is 35.7. The second-order valence-corrected chi connectivity index (χ2v) is 16.0. The second kappa shape index (κ2) is 17.2. The van der Waals surface area contributed by atoms with Crippen molar-refractivity contribution in [3.8, 4) is 0 Å². The Morgan fingerprint density at radius 1 is 1.00 bits per heavy atom. The molecular formula is C37H40N4O6S3. The number of nitrogens with one attached hydrogen (secondary N) is 1. The van der Waals surface area contributed by atoms with Crippen molar-refractivity contribution in [2.45, 2.75) is 48.1 Å². The minimum absolute atomic E-state index is 0.00788. The lowest BCUT2D eigenvalue weighted by molar-refractivity contribution is -0.120. The number of fused-ring (bicyclic) bond motifs is 1. The fourth-order valence-corrected chi connectivity index (χ4v) is 9.58. The summed E-state index contributed by atoms with van der Waals surface area (Å²) in [5.41, 5.74) is 4.71. The highest BCUT2D eigenvalue weighted by Crippen LogP contribution is 2.32. The Kier molecular flexibility index (Phi) is 12.8. The Hall–Kier alpha value is -4.14. The maximum absolute atomic E-state index is 14.3. The standard InChI is InChI=1S/C37H40N4O6S3/c1-25(2)21-41(50(45,46)30-14-15-31-34(19-30)49-24-39-31)29(22-42)23-48-33-16-17-38-20-28(33)18-32(43)36(40-37(44)47-3)35(26-10-6-4-7-11-26)27-12-8-5-9-13-27/h4-17,19-20,24-25,29,35-36,42H,18,21-23H2,1-3H3,(H,40,44)/t29-,36-/m1/s1. The van der Waals surface area contributed by atoms with Gasteiger partial charge in [-0.15, -0.1) is 23.1 Å². The van der Waals surface area contributed by atoms with Crippen molar-refractivity contribution in [3.05, 3.63) is 120 Å². The number of aromatic nitrogens is 2. The van der Waals surface area contributed by atoms with Gasteiger partial charge >= 0.3 is 6.09 Å². The third-order valence-corrected chi connectivity index (χ3v) is 12.2. The fraction of sp³-hybridized carbons (Fsp3) is 0.297. The largest absolute Gasteiger partial charge is 0.453 e. The summed E-state index contributed by atoms with van der Waals surface area (Å²) >= 11 is 2.71. The Balaban J connectivity index is 1.41. The number of carbonyl (C=O) groups excluding carboxylic acids is 2. The molecule has 2 aromatic heterocycles. The van der Waals surface area contributed by atoms with Crippen molar-refractivity contribution >= 4 is 55.2 Å². The molecule has 50 heavy (non-hydrogen) atoms. The number of carbonyl (C=O) groups is 2. The van der Waals surface area contributed by atoms with Gasteiger partial charge in [0.15, 0.2) is 5.78 Å². The molecule has 10 nitrogen and oxygen atoms in total. The number of Topliss-reactive ketones (excluding diaryl/α,β-unsaturated/α-hetero) is 1. The molecule has 0 radical (unpaired) electrons. The van der Waals surface area contributed by atoms with Crippen LogP contribution >= 0.6 is 23.1 Å². The predicted molar refractivity (Wildman–Crippen MR) is 197 cm³/mol.